The lowest BCUT2D eigenvalue weighted by atomic mass is 9.98. The van der Waals surface area contributed by atoms with Crippen molar-refractivity contribution in [2.75, 3.05) is 0 Å². The standard InChI is InChI=1S/C18H18O/c1-15(18(19)17-13-6-3-7-14-17)9-8-12-16-10-4-2-5-11-16/h2-11,13-15H,12H2,1H3/b9-8+/t15-/m1/s1. The number of allylic oxidation sites excluding steroid dienone is 2. The fraction of sp³-hybridized carbons (Fsp3) is 0.167. The lowest BCUT2D eigenvalue weighted by molar-refractivity contribution is 0.0953. The molecule has 0 spiro atoms. The molecule has 19 heavy (non-hydrogen) atoms. The lowest BCUT2D eigenvalue weighted by Gasteiger charge is -2.05. The van der Waals surface area contributed by atoms with E-state index in [1.54, 1.807) is 0 Å². The van der Waals surface area contributed by atoms with E-state index in [1.165, 1.54) is 5.56 Å². The van der Waals surface area contributed by atoms with E-state index in [9.17, 15) is 4.79 Å². The molecule has 0 aliphatic rings. The first-order chi connectivity index (χ1) is 9.27. The molecule has 2 rings (SSSR count). The summed E-state index contributed by atoms with van der Waals surface area (Å²) in [6, 6.07) is 19.7. The molecule has 0 fully saturated rings. The SMILES string of the molecule is C[C@H](/C=C/Cc1ccccc1)C(=O)c1ccccc1. The molecule has 0 saturated carbocycles. The third-order valence-electron chi connectivity index (χ3n) is 3.09. The van der Waals surface area contributed by atoms with Crippen LogP contribution in [0.3, 0.4) is 0 Å². The Morgan fingerprint density at radius 2 is 1.58 bits per heavy atom. The van der Waals surface area contributed by atoms with Crippen molar-refractivity contribution in [3.05, 3.63) is 83.9 Å². The number of ketones is 1. The second kappa shape index (κ2) is 6.69. The van der Waals surface area contributed by atoms with Crippen LogP contribution in [0.4, 0.5) is 0 Å². The van der Waals surface area contributed by atoms with Gasteiger partial charge in [0.05, 0.1) is 0 Å². The monoisotopic (exact) mass is 250 g/mol. The first-order valence-corrected chi connectivity index (χ1v) is 6.57. The molecule has 1 nitrogen and oxygen atoms in total. The predicted molar refractivity (Wildman–Crippen MR) is 79.2 cm³/mol. The largest absolute Gasteiger partial charge is 0.294 e. The van der Waals surface area contributed by atoms with Crippen molar-refractivity contribution in [1.29, 1.82) is 0 Å². The molecule has 0 radical (unpaired) electrons. The second-order valence-corrected chi connectivity index (χ2v) is 4.64. The molecule has 0 amide bonds. The van der Waals surface area contributed by atoms with Gasteiger partial charge in [-0.1, -0.05) is 79.7 Å². The molecule has 96 valence electrons. The number of carbonyl (C=O) groups is 1. The fourth-order valence-electron chi connectivity index (χ4n) is 1.98. The quantitative estimate of drug-likeness (QED) is 0.571. The smallest absolute Gasteiger partial charge is 0.169 e. The molecule has 0 aromatic heterocycles. The molecule has 0 bridgehead atoms. The molecule has 0 unspecified atom stereocenters. The van der Waals surface area contributed by atoms with Gasteiger partial charge in [0.1, 0.15) is 0 Å². The van der Waals surface area contributed by atoms with Crippen LogP contribution >= 0.6 is 0 Å². The van der Waals surface area contributed by atoms with Gasteiger partial charge < -0.3 is 0 Å². The van der Waals surface area contributed by atoms with Crippen LogP contribution in [0.5, 0.6) is 0 Å². The van der Waals surface area contributed by atoms with Crippen LogP contribution < -0.4 is 0 Å². The maximum atomic E-state index is 12.1. The van der Waals surface area contributed by atoms with E-state index >= 15 is 0 Å². The Hall–Kier alpha value is -2.15. The molecule has 0 heterocycles. The van der Waals surface area contributed by atoms with Crippen LogP contribution in [-0.2, 0) is 6.42 Å². The number of carbonyl (C=O) groups excluding carboxylic acids is 1. The molecule has 0 aliphatic carbocycles. The van der Waals surface area contributed by atoms with E-state index in [2.05, 4.69) is 18.2 Å². The molecule has 1 atom stereocenters. The highest BCUT2D eigenvalue weighted by molar-refractivity contribution is 5.98. The minimum absolute atomic E-state index is 0.0777. The van der Waals surface area contributed by atoms with Crippen molar-refractivity contribution in [2.24, 2.45) is 5.92 Å². The van der Waals surface area contributed by atoms with Crippen LogP contribution in [-0.4, -0.2) is 5.78 Å². The predicted octanol–water partition coefficient (Wildman–Crippen LogP) is 4.30. The number of hydrogen-bond donors (Lipinski definition) is 0. The van der Waals surface area contributed by atoms with Crippen LogP contribution in [0.25, 0.3) is 0 Å². The van der Waals surface area contributed by atoms with Gasteiger partial charge in [-0.15, -0.1) is 0 Å². The number of hydrogen-bond acceptors (Lipinski definition) is 1. The molecule has 0 saturated heterocycles. The van der Waals surface area contributed by atoms with Crippen molar-refractivity contribution in [3.8, 4) is 0 Å². The van der Waals surface area contributed by atoms with Gasteiger partial charge in [0.15, 0.2) is 5.78 Å². The van der Waals surface area contributed by atoms with Crippen molar-refractivity contribution in [1.82, 2.24) is 0 Å². The summed E-state index contributed by atoms with van der Waals surface area (Å²) in [5.74, 6) is 0.0935. The first-order valence-electron chi connectivity index (χ1n) is 6.57. The molecule has 1 heteroatoms. The van der Waals surface area contributed by atoms with Crippen LogP contribution in [0.15, 0.2) is 72.8 Å². The van der Waals surface area contributed by atoms with Gasteiger partial charge in [0.25, 0.3) is 0 Å². The fourth-order valence-corrected chi connectivity index (χ4v) is 1.98. The highest BCUT2D eigenvalue weighted by Gasteiger charge is 2.11. The van der Waals surface area contributed by atoms with Gasteiger partial charge in [-0.2, -0.15) is 0 Å². The normalized spacial score (nSPS) is 12.5. The van der Waals surface area contributed by atoms with Crippen molar-refractivity contribution < 1.29 is 4.79 Å². The Bertz CT molecular complexity index is 540. The summed E-state index contributed by atoms with van der Waals surface area (Å²) in [4.78, 5) is 12.1. The number of Topliss-reactive ketones (excluding diaryl/α,β-unsaturated/α-hetero) is 1. The third kappa shape index (κ3) is 3.92. The Kier molecular flexibility index (Phi) is 4.68. The van der Waals surface area contributed by atoms with Gasteiger partial charge in [-0.05, 0) is 12.0 Å². The highest BCUT2D eigenvalue weighted by atomic mass is 16.1. The molecule has 0 N–H and O–H groups in total. The first kappa shape index (κ1) is 13.3. The summed E-state index contributed by atoms with van der Waals surface area (Å²) in [5.41, 5.74) is 2.04. The van der Waals surface area contributed by atoms with E-state index in [4.69, 9.17) is 0 Å². The Morgan fingerprint density at radius 3 is 2.21 bits per heavy atom. The second-order valence-electron chi connectivity index (χ2n) is 4.64. The number of benzene rings is 2. The molecule has 2 aromatic carbocycles. The lowest BCUT2D eigenvalue weighted by Crippen LogP contribution is -2.08. The van der Waals surface area contributed by atoms with E-state index in [0.717, 1.165) is 12.0 Å². The maximum Gasteiger partial charge on any atom is 0.169 e. The van der Waals surface area contributed by atoms with Crippen LogP contribution in [0, 0.1) is 5.92 Å². The van der Waals surface area contributed by atoms with Gasteiger partial charge in [-0.25, -0.2) is 0 Å². The summed E-state index contributed by atoms with van der Waals surface area (Å²) >= 11 is 0. The van der Waals surface area contributed by atoms with Crippen molar-refractivity contribution in [2.45, 2.75) is 13.3 Å². The minimum atomic E-state index is -0.0777. The van der Waals surface area contributed by atoms with E-state index in [1.807, 2.05) is 61.5 Å². The summed E-state index contributed by atoms with van der Waals surface area (Å²) in [7, 11) is 0. The summed E-state index contributed by atoms with van der Waals surface area (Å²) < 4.78 is 0. The zero-order valence-corrected chi connectivity index (χ0v) is 11.1. The van der Waals surface area contributed by atoms with E-state index < -0.39 is 0 Å². The zero-order chi connectivity index (χ0) is 13.5. The van der Waals surface area contributed by atoms with Gasteiger partial charge >= 0.3 is 0 Å². The molecular formula is C18H18O. The van der Waals surface area contributed by atoms with E-state index in [0.29, 0.717) is 0 Å². The van der Waals surface area contributed by atoms with Crippen molar-refractivity contribution in [3.63, 3.8) is 0 Å². The van der Waals surface area contributed by atoms with Crippen LogP contribution in [0.2, 0.25) is 0 Å². The number of rotatable bonds is 5. The Balaban J connectivity index is 1.94. The van der Waals surface area contributed by atoms with Gasteiger partial charge in [-0.3, -0.25) is 4.79 Å². The zero-order valence-electron chi connectivity index (χ0n) is 11.1. The Morgan fingerprint density at radius 1 is 1.00 bits per heavy atom. The van der Waals surface area contributed by atoms with Gasteiger partial charge in [0, 0.05) is 11.5 Å². The average molecular weight is 250 g/mol. The Labute approximate surface area is 114 Å². The summed E-state index contributed by atoms with van der Waals surface area (Å²) in [6.07, 6.45) is 4.93. The van der Waals surface area contributed by atoms with Crippen molar-refractivity contribution >= 4 is 5.78 Å². The van der Waals surface area contributed by atoms with E-state index in [-0.39, 0.29) is 11.7 Å². The topological polar surface area (TPSA) is 17.1 Å². The molecular weight excluding hydrogens is 232 g/mol. The maximum absolute atomic E-state index is 12.1. The highest BCUT2D eigenvalue weighted by Crippen LogP contribution is 2.10. The molecule has 2 aromatic rings. The van der Waals surface area contributed by atoms with Crippen LogP contribution in [0.1, 0.15) is 22.8 Å². The summed E-state index contributed by atoms with van der Waals surface area (Å²) in [5, 5.41) is 0. The average Bonchev–Trinajstić information content (AvgIpc) is 2.48. The molecule has 0 aliphatic heterocycles. The van der Waals surface area contributed by atoms with Gasteiger partial charge in [0.2, 0.25) is 0 Å². The minimum Gasteiger partial charge on any atom is -0.294 e. The third-order valence-corrected chi connectivity index (χ3v) is 3.09. The summed E-state index contributed by atoms with van der Waals surface area (Å²) in [6.45, 7) is 1.94.